The minimum atomic E-state index is -3.03. The van der Waals surface area contributed by atoms with Crippen molar-refractivity contribution >= 4 is 50.8 Å². The number of carbonyl (C=O) groups excluding carboxylic acids is 1. The first-order chi connectivity index (χ1) is 10.3. The zero-order valence-corrected chi connectivity index (χ0v) is 14.0. The molecule has 0 saturated carbocycles. The van der Waals surface area contributed by atoms with E-state index in [1.54, 1.807) is 13.0 Å². The number of nitrogens with one attached hydrogen (secondary N) is 2. The molecular formula is C12H13ClN4O3S2. The largest absolute Gasteiger partial charge is 0.328 e. The van der Waals surface area contributed by atoms with E-state index in [-0.39, 0.29) is 34.3 Å². The standard InChI is InChI=1S/C12H13ClN4O3S2/c1-6-8(4-9-11(18)15-12(21)14-9)10(13)17(16-6)7-2-3-22(19,20)5-7/h4,7H,2-3,5H2,1H3,(H2,14,15,18,21)/b9-4-/t7-/m1/s1. The fraction of sp³-hybridized carbons (Fsp3) is 0.417. The molecule has 1 aromatic rings. The number of amides is 1. The SMILES string of the molecule is Cc1nn([C@@H]2CCS(=O)(=O)C2)c(Cl)c1/C=C1\NC(=S)NC1=O. The van der Waals surface area contributed by atoms with E-state index in [1.807, 2.05) is 0 Å². The van der Waals surface area contributed by atoms with Gasteiger partial charge in [-0.25, -0.2) is 13.1 Å². The lowest BCUT2D eigenvalue weighted by molar-refractivity contribution is -0.115. The number of hydrogen-bond donors (Lipinski definition) is 2. The van der Waals surface area contributed by atoms with Crippen molar-refractivity contribution in [2.24, 2.45) is 0 Å². The van der Waals surface area contributed by atoms with E-state index in [4.69, 9.17) is 23.8 Å². The number of nitrogens with zero attached hydrogens (tertiary/aromatic N) is 2. The minimum Gasteiger partial charge on any atom is -0.328 e. The molecule has 1 amide bonds. The van der Waals surface area contributed by atoms with E-state index in [2.05, 4.69) is 15.7 Å². The Labute approximate surface area is 137 Å². The van der Waals surface area contributed by atoms with Gasteiger partial charge in [0.2, 0.25) is 0 Å². The second-order valence-corrected chi connectivity index (χ2v) is 8.25. The highest BCUT2D eigenvalue weighted by molar-refractivity contribution is 7.91. The smallest absolute Gasteiger partial charge is 0.273 e. The van der Waals surface area contributed by atoms with E-state index in [0.29, 0.717) is 22.8 Å². The first kappa shape index (κ1) is 15.4. The Morgan fingerprint density at radius 2 is 2.18 bits per heavy atom. The van der Waals surface area contributed by atoms with Gasteiger partial charge in [0, 0.05) is 5.56 Å². The Bertz CT molecular complexity index is 813. The van der Waals surface area contributed by atoms with Gasteiger partial charge in [0.25, 0.3) is 5.91 Å². The first-order valence-electron chi connectivity index (χ1n) is 6.56. The van der Waals surface area contributed by atoms with E-state index >= 15 is 0 Å². The molecule has 0 radical (unpaired) electrons. The maximum atomic E-state index is 11.7. The van der Waals surface area contributed by atoms with Crippen LogP contribution in [0.1, 0.15) is 23.7 Å². The minimum absolute atomic E-state index is 0.0344. The van der Waals surface area contributed by atoms with Crippen molar-refractivity contribution in [1.82, 2.24) is 20.4 Å². The summed E-state index contributed by atoms with van der Waals surface area (Å²) >= 11 is 11.2. The zero-order valence-electron chi connectivity index (χ0n) is 11.6. The monoisotopic (exact) mass is 360 g/mol. The molecule has 0 bridgehead atoms. The fourth-order valence-electron chi connectivity index (χ4n) is 2.53. The molecule has 2 fully saturated rings. The van der Waals surface area contributed by atoms with E-state index in [9.17, 15) is 13.2 Å². The molecule has 1 aromatic heterocycles. The highest BCUT2D eigenvalue weighted by Crippen LogP contribution is 2.31. The third kappa shape index (κ3) is 2.75. The molecule has 2 saturated heterocycles. The molecular weight excluding hydrogens is 348 g/mol. The van der Waals surface area contributed by atoms with Gasteiger partial charge in [-0.3, -0.25) is 10.1 Å². The van der Waals surface area contributed by atoms with Crippen LogP contribution in [0.15, 0.2) is 5.70 Å². The van der Waals surface area contributed by atoms with Crippen LogP contribution >= 0.6 is 23.8 Å². The van der Waals surface area contributed by atoms with Crippen molar-refractivity contribution in [3.63, 3.8) is 0 Å². The average molecular weight is 361 g/mol. The van der Waals surface area contributed by atoms with Crippen LogP contribution in [0.25, 0.3) is 6.08 Å². The molecule has 3 rings (SSSR count). The van der Waals surface area contributed by atoms with Gasteiger partial charge in [-0.15, -0.1) is 0 Å². The number of halogens is 1. The zero-order chi connectivity index (χ0) is 16.1. The number of aromatic nitrogens is 2. The predicted octanol–water partition coefficient (Wildman–Crippen LogP) is 0.550. The number of sulfone groups is 1. The molecule has 2 aliphatic heterocycles. The maximum Gasteiger partial charge on any atom is 0.273 e. The Hall–Kier alpha value is -1.45. The highest BCUT2D eigenvalue weighted by Gasteiger charge is 2.32. The van der Waals surface area contributed by atoms with E-state index in [0.717, 1.165) is 0 Å². The summed E-state index contributed by atoms with van der Waals surface area (Å²) in [6, 6.07) is -0.269. The fourth-order valence-corrected chi connectivity index (χ4v) is 4.79. The van der Waals surface area contributed by atoms with Crippen molar-refractivity contribution in [1.29, 1.82) is 0 Å². The number of carbonyl (C=O) groups is 1. The maximum absolute atomic E-state index is 11.7. The molecule has 10 heteroatoms. The van der Waals surface area contributed by atoms with Gasteiger partial charge in [0.1, 0.15) is 10.9 Å². The van der Waals surface area contributed by atoms with Crippen molar-refractivity contribution < 1.29 is 13.2 Å². The molecule has 118 valence electrons. The Morgan fingerprint density at radius 1 is 1.45 bits per heavy atom. The Kier molecular flexibility index (Phi) is 3.74. The van der Waals surface area contributed by atoms with Crippen LogP contribution in [0.3, 0.4) is 0 Å². The van der Waals surface area contributed by atoms with Gasteiger partial charge in [0.05, 0.1) is 23.2 Å². The summed E-state index contributed by atoms with van der Waals surface area (Å²) in [5.41, 5.74) is 1.48. The molecule has 3 heterocycles. The Morgan fingerprint density at radius 3 is 2.73 bits per heavy atom. The van der Waals surface area contributed by atoms with E-state index < -0.39 is 9.84 Å². The number of aryl methyl sites for hydroxylation is 1. The summed E-state index contributed by atoms with van der Waals surface area (Å²) in [7, 11) is -3.03. The third-order valence-electron chi connectivity index (χ3n) is 3.63. The van der Waals surface area contributed by atoms with Crippen LogP contribution in [-0.4, -0.2) is 40.7 Å². The average Bonchev–Trinajstić information content (AvgIpc) is 3.02. The topological polar surface area (TPSA) is 93.1 Å². The van der Waals surface area contributed by atoms with Crippen LogP contribution < -0.4 is 10.6 Å². The number of thiocarbonyl (C=S) groups is 1. The van der Waals surface area contributed by atoms with Gasteiger partial charge in [-0.05, 0) is 31.6 Å². The van der Waals surface area contributed by atoms with Crippen LogP contribution in [0, 0.1) is 6.92 Å². The molecule has 22 heavy (non-hydrogen) atoms. The second-order valence-electron chi connectivity index (χ2n) is 5.26. The molecule has 0 spiro atoms. The molecule has 0 aliphatic carbocycles. The summed E-state index contributed by atoms with van der Waals surface area (Å²) in [6.07, 6.45) is 2.06. The highest BCUT2D eigenvalue weighted by atomic mass is 35.5. The predicted molar refractivity (Wildman–Crippen MR) is 86.1 cm³/mol. The lowest BCUT2D eigenvalue weighted by atomic mass is 10.2. The molecule has 2 aliphatic rings. The molecule has 1 atom stereocenters. The lowest BCUT2D eigenvalue weighted by Gasteiger charge is -2.09. The second kappa shape index (κ2) is 5.32. The molecule has 2 N–H and O–H groups in total. The summed E-state index contributed by atoms with van der Waals surface area (Å²) in [5, 5.41) is 10.1. The van der Waals surface area contributed by atoms with Gasteiger partial charge in [-0.1, -0.05) is 11.6 Å². The van der Waals surface area contributed by atoms with Crippen molar-refractivity contribution in [2.75, 3.05) is 11.5 Å². The normalized spacial score (nSPS) is 25.5. The quantitative estimate of drug-likeness (QED) is 0.591. The van der Waals surface area contributed by atoms with Crippen molar-refractivity contribution in [3.05, 3.63) is 22.1 Å². The van der Waals surface area contributed by atoms with Crippen LogP contribution in [0.4, 0.5) is 0 Å². The van der Waals surface area contributed by atoms with Crippen molar-refractivity contribution in [3.8, 4) is 0 Å². The van der Waals surface area contributed by atoms with Crippen molar-refractivity contribution in [2.45, 2.75) is 19.4 Å². The first-order valence-corrected chi connectivity index (χ1v) is 9.16. The summed E-state index contributed by atoms with van der Waals surface area (Å²) in [4.78, 5) is 11.7. The number of hydrogen-bond acceptors (Lipinski definition) is 5. The molecule has 7 nitrogen and oxygen atoms in total. The van der Waals surface area contributed by atoms with Crippen LogP contribution in [-0.2, 0) is 14.6 Å². The van der Waals surface area contributed by atoms with E-state index in [1.165, 1.54) is 4.68 Å². The third-order valence-corrected chi connectivity index (χ3v) is 5.97. The summed E-state index contributed by atoms with van der Waals surface area (Å²) in [5.74, 6) is -0.162. The van der Waals surface area contributed by atoms with Gasteiger partial charge in [-0.2, -0.15) is 5.10 Å². The van der Waals surface area contributed by atoms with Crippen LogP contribution in [0.2, 0.25) is 5.15 Å². The Balaban J connectivity index is 1.96. The molecule has 0 unspecified atom stereocenters. The molecule has 0 aromatic carbocycles. The lowest BCUT2D eigenvalue weighted by Crippen LogP contribution is -2.21. The van der Waals surface area contributed by atoms with Gasteiger partial charge in [0.15, 0.2) is 14.9 Å². The van der Waals surface area contributed by atoms with Gasteiger partial charge >= 0.3 is 0 Å². The summed E-state index contributed by atoms with van der Waals surface area (Å²) < 4.78 is 24.7. The summed E-state index contributed by atoms with van der Waals surface area (Å²) in [6.45, 7) is 1.75. The van der Waals surface area contributed by atoms with Gasteiger partial charge < -0.3 is 5.32 Å². The van der Waals surface area contributed by atoms with Crippen LogP contribution in [0.5, 0.6) is 0 Å². The number of rotatable bonds is 2.